The first-order chi connectivity index (χ1) is 9.25. The molecule has 3 heterocycles. The summed E-state index contributed by atoms with van der Waals surface area (Å²) < 4.78 is 0. The SMILES string of the molecule is C[C@H]1CNCCN1C(=O)Cc1c[nH]c2ncccc12.Cl. The van der Waals surface area contributed by atoms with Crippen molar-refractivity contribution in [2.24, 2.45) is 0 Å². The van der Waals surface area contributed by atoms with Crippen LogP contribution in [0.4, 0.5) is 0 Å². The number of aromatic nitrogens is 2. The number of amides is 1. The summed E-state index contributed by atoms with van der Waals surface area (Å²) in [6, 6.07) is 4.17. The van der Waals surface area contributed by atoms with Gasteiger partial charge in [-0.3, -0.25) is 4.79 Å². The van der Waals surface area contributed by atoms with E-state index in [1.165, 1.54) is 0 Å². The molecule has 1 amide bonds. The molecule has 6 heteroatoms. The molecule has 1 atom stereocenters. The third-order valence-corrected chi connectivity index (χ3v) is 3.70. The number of H-pyrrole nitrogens is 1. The number of halogens is 1. The number of piperazine rings is 1. The summed E-state index contributed by atoms with van der Waals surface area (Å²) in [4.78, 5) is 21.7. The average Bonchev–Trinajstić information content (AvgIpc) is 2.83. The lowest BCUT2D eigenvalue weighted by atomic mass is 10.1. The molecule has 1 aliphatic heterocycles. The summed E-state index contributed by atoms with van der Waals surface area (Å²) in [5, 5.41) is 4.34. The van der Waals surface area contributed by atoms with Gasteiger partial charge in [0.25, 0.3) is 0 Å². The van der Waals surface area contributed by atoms with E-state index in [-0.39, 0.29) is 24.4 Å². The van der Waals surface area contributed by atoms with Crippen molar-refractivity contribution in [1.82, 2.24) is 20.2 Å². The van der Waals surface area contributed by atoms with Crippen LogP contribution in [-0.2, 0) is 11.2 Å². The maximum absolute atomic E-state index is 12.4. The minimum absolute atomic E-state index is 0. The molecule has 108 valence electrons. The zero-order valence-electron chi connectivity index (χ0n) is 11.4. The molecule has 20 heavy (non-hydrogen) atoms. The van der Waals surface area contributed by atoms with Gasteiger partial charge in [-0.05, 0) is 24.6 Å². The minimum atomic E-state index is 0. The molecule has 0 bridgehead atoms. The first kappa shape index (κ1) is 14.8. The number of hydrogen-bond acceptors (Lipinski definition) is 3. The molecule has 2 N–H and O–H groups in total. The summed E-state index contributed by atoms with van der Waals surface area (Å²) in [7, 11) is 0. The molecule has 0 unspecified atom stereocenters. The molecule has 2 aromatic rings. The number of fused-ring (bicyclic) bond motifs is 1. The Kier molecular flexibility index (Phi) is 4.62. The molecule has 0 spiro atoms. The van der Waals surface area contributed by atoms with Crippen LogP contribution in [0.5, 0.6) is 0 Å². The van der Waals surface area contributed by atoms with Crippen molar-refractivity contribution in [3.8, 4) is 0 Å². The second-order valence-electron chi connectivity index (χ2n) is 5.03. The van der Waals surface area contributed by atoms with E-state index < -0.39 is 0 Å². The number of nitrogens with one attached hydrogen (secondary N) is 2. The van der Waals surface area contributed by atoms with Gasteiger partial charge in [0.05, 0.1) is 6.42 Å². The van der Waals surface area contributed by atoms with Crippen LogP contribution in [0.3, 0.4) is 0 Å². The Morgan fingerprint density at radius 3 is 3.20 bits per heavy atom. The van der Waals surface area contributed by atoms with Gasteiger partial charge < -0.3 is 15.2 Å². The van der Waals surface area contributed by atoms with Crippen molar-refractivity contribution >= 4 is 29.3 Å². The molecule has 1 saturated heterocycles. The normalized spacial score (nSPS) is 18.9. The molecule has 0 saturated carbocycles. The van der Waals surface area contributed by atoms with Crippen molar-refractivity contribution in [1.29, 1.82) is 0 Å². The van der Waals surface area contributed by atoms with Crippen LogP contribution >= 0.6 is 12.4 Å². The predicted molar refractivity (Wildman–Crippen MR) is 81.1 cm³/mol. The van der Waals surface area contributed by atoms with Crippen LogP contribution in [0.2, 0.25) is 0 Å². The Balaban J connectivity index is 0.00000147. The Bertz CT molecular complexity index is 598. The van der Waals surface area contributed by atoms with Crippen LogP contribution in [0.1, 0.15) is 12.5 Å². The van der Waals surface area contributed by atoms with Gasteiger partial charge in [-0.25, -0.2) is 4.98 Å². The van der Waals surface area contributed by atoms with Gasteiger partial charge in [-0.2, -0.15) is 0 Å². The first-order valence-corrected chi connectivity index (χ1v) is 6.67. The highest BCUT2D eigenvalue weighted by molar-refractivity contribution is 5.87. The molecule has 1 fully saturated rings. The standard InChI is InChI=1S/C14H18N4O.ClH/c1-10-8-15-5-6-18(10)13(19)7-11-9-17-14-12(11)3-2-4-16-14;/h2-4,9-10,15H,5-8H2,1H3,(H,16,17);1H/t10-;/m0./s1. The van der Waals surface area contributed by atoms with E-state index >= 15 is 0 Å². The fourth-order valence-corrected chi connectivity index (χ4v) is 2.63. The van der Waals surface area contributed by atoms with Crippen LogP contribution in [0.25, 0.3) is 11.0 Å². The van der Waals surface area contributed by atoms with E-state index in [2.05, 4.69) is 22.2 Å². The lowest BCUT2D eigenvalue weighted by Gasteiger charge is -2.34. The van der Waals surface area contributed by atoms with Crippen molar-refractivity contribution in [3.63, 3.8) is 0 Å². The highest BCUT2D eigenvalue weighted by Crippen LogP contribution is 2.17. The van der Waals surface area contributed by atoms with E-state index in [9.17, 15) is 4.79 Å². The average molecular weight is 295 g/mol. The van der Waals surface area contributed by atoms with Crippen LogP contribution < -0.4 is 5.32 Å². The molecule has 2 aromatic heterocycles. The zero-order chi connectivity index (χ0) is 13.2. The molecule has 0 radical (unpaired) electrons. The molecule has 0 aliphatic carbocycles. The lowest BCUT2D eigenvalue weighted by Crippen LogP contribution is -2.52. The number of aromatic amines is 1. The van der Waals surface area contributed by atoms with Gasteiger partial charge in [0.2, 0.25) is 5.91 Å². The third kappa shape index (κ3) is 2.78. The summed E-state index contributed by atoms with van der Waals surface area (Å²) in [6.45, 7) is 4.63. The quantitative estimate of drug-likeness (QED) is 0.879. The van der Waals surface area contributed by atoms with E-state index in [0.717, 1.165) is 36.2 Å². The van der Waals surface area contributed by atoms with Crippen molar-refractivity contribution < 1.29 is 4.79 Å². The largest absolute Gasteiger partial charge is 0.346 e. The summed E-state index contributed by atoms with van der Waals surface area (Å²) >= 11 is 0. The number of pyridine rings is 1. The second kappa shape index (κ2) is 6.24. The predicted octanol–water partition coefficient (Wildman–Crippen LogP) is 1.35. The number of rotatable bonds is 2. The van der Waals surface area contributed by atoms with Crippen LogP contribution in [0.15, 0.2) is 24.5 Å². The van der Waals surface area contributed by atoms with Crippen LogP contribution in [0, 0.1) is 0 Å². The monoisotopic (exact) mass is 294 g/mol. The Labute approximate surface area is 124 Å². The number of hydrogen-bond donors (Lipinski definition) is 2. The smallest absolute Gasteiger partial charge is 0.227 e. The fraction of sp³-hybridized carbons (Fsp3) is 0.429. The molecular weight excluding hydrogens is 276 g/mol. The van der Waals surface area contributed by atoms with Crippen molar-refractivity contribution in [2.75, 3.05) is 19.6 Å². The van der Waals surface area contributed by atoms with Gasteiger partial charge in [0, 0.05) is 43.5 Å². The van der Waals surface area contributed by atoms with E-state index in [4.69, 9.17) is 0 Å². The second-order valence-corrected chi connectivity index (χ2v) is 5.03. The van der Waals surface area contributed by atoms with Crippen LogP contribution in [-0.4, -0.2) is 46.5 Å². The number of carbonyl (C=O) groups is 1. The van der Waals surface area contributed by atoms with Gasteiger partial charge in [-0.1, -0.05) is 0 Å². The summed E-state index contributed by atoms with van der Waals surface area (Å²) in [5.74, 6) is 0.193. The van der Waals surface area contributed by atoms with E-state index in [1.54, 1.807) is 6.20 Å². The zero-order valence-corrected chi connectivity index (χ0v) is 12.2. The van der Waals surface area contributed by atoms with E-state index in [1.807, 2.05) is 23.2 Å². The Hall–Kier alpha value is -1.59. The van der Waals surface area contributed by atoms with Gasteiger partial charge in [-0.15, -0.1) is 12.4 Å². The Morgan fingerprint density at radius 1 is 1.55 bits per heavy atom. The molecule has 1 aliphatic rings. The summed E-state index contributed by atoms with van der Waals surface area (Å²) in [5.41, 5.74) is 1.87. The highest BCUT2D eigenvalue weighted by atomic mass is 35.5. The van der Waals surface area contributed by atoms with Gasteiger partial charge in [0.15, 0.2) is 0 Å². The number of nitrogens with zero attached hydrogens (tertiary/aromatic N) is 2. The van der Waals surface area contributed by atoms with E-state index in [0.29, 0.717) is 6.42 Å². The van der Waals surface area contributed by atoms with Crippen molar-refractivity contribution in [2.45, 2.75) is 19.4 Å². The molecule has 3 rings (SSSR count). The number of carbonyl (C=O) groups excluding carboxylic acids is 1. The third-order valence-electron chi connectivity index (χ3n) is 3.70. The van der Waals surface area contributed by atoms with Gasteiger partial charge in [0.1, 0.15) is 5.65 Å². The highest BCUT2D eigenvalue weighted by Gasteiger charge is 2.23. The summed E-state index contributed by atoms with van der Waals surface area (Å²) in [6.07, 6.45) is 4.08. The topological polar surface area (TPSA) is 61.0 Å². The Morgan fingerprint density at radius 2 is 2.40 bits per heavy atom. The molecular formula is C14H19ClN4O. The lowest BCUT2D eigenvalue weighted by molar-refractivity contribution is -0.133. The minimum Gasteiger partial charge on any atom is -0.346 e. The van der Waals surface area contributed by atoms with Gasteiger partial charge >= 0.3 is 0 Å². The maximum Gasteiger partial charge on any atom is 0.227 e. The fourth-order valence-electron chi connectivity index (χ4n) is 2.63. The first-order valence-electron chi connectivity index (χ1n) is 6.67. The molecule has 5 nitrogen and oxygen atoms in total. The molecule has 0 aromatic carbocycles. The van der Waals surface area contributed by atoms with Crippen molar-refractivity contribution in [3.05, 3.63) is 30.1 Å². The maximum atomic E-state index is 12.4.